The topological polar surface area (TPSA) is 8.17 Å². The minimum Gasteiger partial charge on any atom is -0.349 e. The van der Waals surface area contributed by atoms with E-state index >= 15 is 0 Å². The van der Waals surface area contributed by atoms with Gasteiger partial charge in [-0.2, -0.15) is 0 Å². The lowest BCUT2D eigenvalue weighted by Gasteiger charge is -2.28. The van der Waals surface area contributed by atoms with E-state index in [-0.39, 0.29) is 0 Å². The highest BCUT2D eigenvalue weighted by molar-refractivity contribution is 5.15. The molecule has 0 fully saturated rings. The molecule has 0 saturated heterocycles. The van der Waals surface area contributed by atoms with Gasteiger partial charge in [-0.25, -0.2) is 0 Å². The number of aromatic nitrogens is 1. The quantitative estimate of drug-likeness (QED) is 0.781. The molecule has 2 nitrogen and oxygen atoms in total. The molecular formula is C15H18N2. The summed E-state index contributed by atoms with van der Waals surface area (Å²) in [6.07, 6.45) is 3.34. The molecule has 88 valence electrons. The van der Waals surface area contributed by atoms with Crippen molar-refractivity contribution in [3.8, 4) is 0 Å². The van der Waals surface area contributed by atoms with Crippen LogP contribution in [-0.2, 0) is 19.5 Å². The number of benzene rings is 1. The molecule has 1 aliphatic rings. The molecule has 2 heterocycles. The zero-order valence-corrected chi connectivity index (χ0v) is 10.0. The normalized spacial score (nSPS) is 15.8. The molecule has 0 atom stereocenters. The van der Waals surface area contributed by atoms with E-state index in [0.717, 1.165) is 26.1 Å². The minimum absolute atomic E-state index is 1.10. The van der Waals surface area contributed by atoms with Crippen molar-refractivity contribution in [1.29, 1.82) is 0 Å². The van der Waals surface area contributed by atoms with Crippen molar-refractivity contribution in [3.05, 3.63) is 59.9 Å². The molecule has 0 saturated carbocycles. The van der Waals surface area contributed by atoms with E-state index in [1.165, 1.54) is 17.8 Å². The summed E-state index contributed by atoms with van der Waals surface area (Å²) in [4.78, 5) is 2.54. The summed E-state index contributed by atoms with van der Waals surface area (Å²) in [6, 6.07) is 15.1. The van der Waals surface area contributed by atoms with Gasteiger partial charge in [0, 0.05) is 38.1 Å². The molecule has 0 amide bonds. The van der Waals surface area contributed by atoms with Crippen molar-refractivity contribution in [2.45, 2.75) is 19.5 Å². The number of nitrogens with zero attached hydrogens (tertiary/aromatic N) is 2. The largest absolute Gasteiger partial charge is 0.349 e. The van der Waals surface area contributed by atoms with Gasteiger partial charge in [-0.15, -0.1) is 0 Å². The van der Waals surface area contributed by atoms with Crippen molar-refractivity contribution in [1.82, 2.24) is 9.47 Å². The van der Waals surface area contributed by atoms with Crippen LogP contribution in [0.4, 0.5) is 0 Å². The van der Waals surface area contributed by atoms with Crippen LogP contribution in [0.15, 0.2) is 48.7 Å². The van der Waals surface area contributed by atoms with E-state index in [2.05, 4.69) is 58.1 Å². The number of rotatable bonds is 3. The summed E-state index contributed by atoms with van der Waals surface area (Å²) in [5.41, 5.74) is 2.89. The number of hydrogen-bond donors (Lipinski definition) is 0. The van der Waals surface area contributed by atoms with Crippen molar-refractivity contribution in [3.63, 3.8) is 0 Å². The molecule has 0 unspecified atom stereocenters. The molecule has 0 spiro atoms. The van der Waals surface area contributed by atoms with Gasteiger partial charge < -0.3 is 4.57 Å². The summed E-state index contributed by atoms with van der Waals surface area (Å²) >= 11 is 0. The lowest BCUT2D eigenvalue weighted by Crippen LogP contribution is -2.34. The Morgan fingerprint density at radius 3 is 2.71 bits per heavy atom. The first-order valence-corrected chi connectivity index (χ1v) is 6.32. The molecule has 0 N–H and O–H groups in total. The van der Waals surface area contributed by atoms with Gasteiger partial charge in [-0.05, 0) is 24.1 Å². The number of hydrogen-bond acceptors (Lipinski definition) is 1. The second kappa shape index (κ2) is 4.76. The molecule has 0 radical (unpaired) electrons. The van der Waals surface area contributed by atoms with Crippen LogP contribution in [0, 0.1) is 0 Å². The fraction of sp³-hybridized carbons (Fsp3) is 0.333. The van der Waals surface area contributed by atoms with Crippen molar-refractivity contribution < 1.29 is 0 Å². The third-order valence-electron chi connectivity index (χ3n) is 3.53. The van der Waals surface area contributed by atoms with E-state index in [9.17, 15) is 0 Å². The average Bonchev–Trinajstić information content (AvgIpc) is 2.85. The second-order valence-electron chi connectivity index (χ2n) is 4.70. The van der Waals surface area contributed by atoms with Gasteiger partial charge in [0.05, 0.1) is 0 Å². The molecule has 0 bridgehead atoms. The first kappa shape index (κ1) is 10.6. The Balaban J connectivity index is 1.58. The van der Waals surface area contributed by atoms with Gasteiger partial charge in [0.15, 0.2) is 0 Å². The highest BCUT2D eigenvalue weighted by Crippen LogP contribution is 2.13. The van der Waals surface area contributed by atoms with Gasteiger partial charge in [0.1, 0.15) is 0 Å². The standard InChI is InChI=1S/C15H18N2/c1-2-5-14(6-3-1)8-10-16-11-12-17-9-4-7-15(17)13-16/h1-7,9H,8,10-13H2. The maximum Gasteiger partial charge on any atom is 0.0388 e. The van der Waals surface area contributed by atoms with Gasteiger partial charge in [-0.1, -0.05) is 30.3 Å². The second-order valence-corrected chi connectivity index (χ2v) is 4.70. The van der Waals surface area contributed by atoms with E-state index in [0.29, 0.717) is 0 Å². The summed E-state index contributed by atoms with van der Waals surface area (Å²) in [6.45, 7) is 4.57. The first-order chi connectivity index (χ1) is 8.42. The summed E-state index contributed by atoms with van der Waals surface area (Å²) in [5, 5.41) is 0. The van der Waals surface area contributed by atoms with Crippen LogP contribution in [-0.4, -0.2) is 22.6 Å². The third kappa shape index (κ3) is 2.42. The van der Waals surface area contributed by atoms with Gasteiger partial charge in [0.25, 0.3) is 0 Å². The van der Waals surface area contributed by atoms with E-state index < -0.39 is 0 Å². The Labute approximate surface area is 102 Å². The van der Waals surface area contributed by atoms with Gasteiger partial charge >= 0.3 is 0 Å². The van der Waals surface area contributed by atoms with Crippen molar-refractivity contribution >= 4 is 0 Å². The molecular weight excluding hydrogens is 208 g/mol. The molecule has 3 rings (SSSR count). The Morgan fingerprint density at radius 1 is 0.941 bits per heavy atom. The van der Waals surface area contributed by atoms with E-state index in [1.54, 1.807) is 0 Å². The molecule has 0 aliphatic carbocycles. The summed E-state index contributed by atoms with van der Waals surface area (Å²) in [5.74, 6) is 0. The van der Waals surface area contributed by atoms with Crippen LogP contribution in [0.2, 0.25) is 0 Å². The lowest BCUT2D eigenvalue weighted by molar-refractivity contribution is 0.224. The smallest absolute Gasteiger partial charge is 0.0388 e. The average molecular weight is 226 g/mol. The van der Waals surface area contributed by atoms with Crippen LogP contribution in [0.5, 0.6) is 0 Å². The van der Waals surface area contributed by atoms with Crippen LogP contribution < -0.4 is 0 Å². The van der Waals surface area contributed by atoms with Crippen LogP contribution >= 0.6 is 0 Å². The fourth-order valence-electron chi connectivity index (χ4n) is 2.49. The number of fused-ring (bicyclic) bond motifs is 1. The first-order valence-electron chi connectivity index (χ1n) is 6.32. The predicted octanol–water partition coefficient (Wildman–Crippen LogP) is 2.55. The minimum atomic E-state index is 1.10. The highest BCUT2D eigenvalue weighted by atomic mass is 15.2. The molecule has 2 heteroatoms. The van der Waals surface area contributed by atoms with E-state index in [4.69, 9.17) is 0 Å². The maximum atomic E-state index is 2.54. The van der Waals surface area contributed by atoms with Gasteiger partial charge in [0.2, 0.25) is 0 Å². The zero-order valence-electron chi connectivity index (χ0n) is 10.0. The monoisotopic (exact) mass is 226 g/mol. The molecule has 17 heavy (non-hydrogen) atoms. The molecule has 1 aliphatic heterocycles. The summed E-state index contributed by atoms with van der Waals surface area (Å²) in [7, 11) is 0. The Bertz CT molecular complexity index is 473. The molecule has 1 aromatic heterocycles. The molecule has 2 aromatic rings. The van der Waals surface area contributed by atoms with Crippen LogP contribution in [0.3, 0.4) is 0 Å². The fourth-order valence-corrected chi connectivity index (χ4v) is 2.49. The van der Waals surface area contributed by atoms with Crippen LogP contribution in [0.1, 0.15) is 11.3 Å². The van der Waals surface area contributed by atoms with Crippen molar-refractivity contribution in [2.24, 2.45) is 0 Å². The predicted molar refractivity (Wildman–Crippen MR) is 69.9 cm³/mol. The maximum absolute atomic E-state index is 2.54. The van der Waals surface area contributed by atoms with Crippen molar-refractivity contribution in [2.75, 3.05) is 13.1 Å². The Morgan fingerprint density at radius 2 is 1.82 bits per heavy atom. The highest BCUT2D eigenvalue weighted by Gasteiger charge is 2.14. The summed E-state index contributed by atoms with van der Waals surface area (Å²) < 4.78 is 2.36. The molecule has 1 aromatic carbocycles. The Hall–Kier alpha value is -1.54. The lowest BCUT2D eigenvalue weighted by atomic mass is 10.1. The van der Waals surface area contributed by atoms with Crippen LogP contribution in [0.25, 0.3) is 0 Å². The third-order valence-corrected chi connectivity index (χ3v) is 3.53. The SMILES string of the molecule is c1ccc(CCN2CCn3cccc3C2)cc1. The zero-order chi connectivity index (χ0) is 11.5. The van der Waals surface area contributed by atoms with E-state index in [1.807, 2.05) is 0 Å². The van der Waals surface area contributed by atoms with Gasteiger partial charge in [-0.3, -0.25) is 4.90 Å². The Kier molecular flexibility index (Phi) is 2.97.